The Morgan fingerprint density at radius 2 is 1.67 bits per heavy atom. The molecular weight excluding hydrogens is 284 g/mol. The average molecular weight is 296 g/mol. The fourth-order valence-electron chi connectivity index (χ4n) is 1.76. The molecule has 3 rings (SSSR count). The van der Waals surface area contributed by atoms with Gasteiger partial charge in [-0.3, -0.25) is 4.79 Å². The Bertz CT molecular complexity index is 726. The third-order valence-corrected chi connectivity index (χ3v) is 3.61. The van der Waals surface area contributed by atoms with Crippen LogP contribution in [0.4, 0.5) is 0 Å². The number of carbonyl (C=O) groups is 1. The quantitative estimate of drug-likeness (QED) is 0.749. The topological polar surface area (TPSA) is 51.2 Å². The number of rotatable bonds is 4. The van der Waals surface area contributed by atoms with Gasteiger partial charge in [-0.1, -0.05) is 48.5 Å². The van der Waals surface area contributed by atoms with E-state index in [0.717, 1.165) is 11.3 Å². The number of amides is 1. The summed E-state index contributed by atoms with van der Waals surface area (Å²) >= 11 is 1.28. The van der Waals surface area contributed by atoms with E-state index in [9.17, 15) is 4.79 Å². The summed E-state index contributed by atoms with van der Waals surface area (Å²) in [6.45, 7) is 0. The molecule has 2 aromatic carbocycles. The van der Waals surface area contributed by atoms with E-state index in [1.165, 1.54) is 11.3 Å². The molecule has 21 heavy (non-hydrogen) atoms. The van der Waals surface area contributed by atoms with Gasteiger partial charge < -0.3 is 4.84 Å². The van der Waals surface area contributed by atoms with Crippen molar-refractivity contribution in [2.75, 3.05) is 0 Å². The van der Waals surface area contributed by atoms with Gasteiger partial charge in [0, 0.05) is 10.9 Å². The highest BCUT2D eigenvalue weighted by atomic mass is 32.1. The molecule has 4 nitrogen and oxygen atoms in total. The molecule has 0 saturated heterocycles. The van der Waals surface area contributed by atoms with Crippen molar-refractivity contribution in [2.45, 2.75) is 0 Å². The lowest BCUT2D eigenvalue weighted by atomic mass is 10.2. The van der Waals surface area contributed by atoms with Gasteiger partial charge in [-0.05, 0) is 12.1 Å². The molecule has 3 aromatic rings. The standard InChI is InChI=1S/C16H12N2O2S/c19-15(18-20-13-9-5-2-6-10-13)16-17-14(11-21-16)12-7-3-1-4-8-12/h1-11H,(H,18,19). The van der Waals surface area contributed by atoms with Crippen LogP contribution in [0.1, 0.15) is 9.80 Å². The number of hydroxylamine groups is 1. The zero-order valence-corrected chi connectivity index (χ0v) is 11.8. The number of nitrogens with zero attached hydrogens (tertiary/aromatic N) is 1. The van der Waals surface area contributed by atoms with Crippen molar-refractivity contribution in [2.24, 2.45) is 0 Å². The van der Waals surface area contributed by atoms with E-state index in [4.69, 9.17) is 4.84 Å². The van der Waals surface area contributed by atoms with Crippen LogP contribution in [0, 0.1) is 0 Å². The third kappa shape index (κ3) is 3.27. The Hall–Kier alpha value is -2.66. The summed E-state index contributed by atoms with van der Waals surface area (Å²) in [5, 5.41) is 2.22. The molecule has 1 aromatic heterocycles. The number of aromatic nitrogens is 1. The smallest absolute Gasteiger partial charge is 0.312 e. The van der Waals surface area contributed by atoms with Gasteiger partial charge in [0.15, 0.2) is 10.8 Å². The molecule has 5 heteroatoms. The van der Waals surface area contributed by atoms with Crippen LogP contribution in [-0.2, 0) is 0 Å². The van der Waals surface area contributed by atoms with E-state index in [0.29, 0.717) is 10.8 Å². The molecule has 104 valence electrons. The lowest BCUT2D eigenvalue weighted by Gasteiger charge is -2.04. The molecule has 1 heterocycles. The average Bonchev–Trinajstić information content (AvgIpc) is 3.04. The van der Waals surface area contributed by atoms with Gasteiger partial charge in [0.05, 0.1) is 5.69 Å². The summed E-state index contributed by atoms with van der Waals surface area (Å²) in [6, 6.07) is 18.8. The minimum absolute atomic E-state index is 0.356. The van der Waals surface area contributed by atoms with Crippen LogP contribution in [0.5, 0.6) is 5.75 Å². The molecule has 0 spiro atoms. The van der Waals surface area contributed by atoms with E-state index in [1.54, 1.807) is 12.1 Å². The van der Waals surface area contributed by atoms with Crippen LogP contribution in [0.3, 0.4) is 0 Å². The number of hydrogen-bond acceptors (Lipinski definition) is 4. The van der Waals surface area contributed by atoms with Gasteiger partial charge in [0.25, 0.3) is 0 Å². The second-order valence-electron chi connectivity index (χ2n) is 4.25. The van der Waals surface area contributed by atoms with E-state index in [2.05, 4.69) is 10.5 Å². The number of nitrogens with one attached hydrogen (secondary N) is 1. The Balaban J connectivity index is 1.67. The minimum atomic E-state index is -0.356. The maximum atomic E-state index is 12.0. The van der Waals surface area contributed by atoms with Crippen LogP contribution in [0.25, 0.3) is 11.3 Å². The molecule has 0 saturated carbocycles. The molecule has 0 aliphatic carbocycles. The van der Waals surface area contributed by atoms with Crippen LogP contribution >= 0.6 is 11.3 Å². The normalized spacial score (nSPS) is 10.1. The van der Waals surface area contributed by atoms with Crippen LogP contribution in [0.15, 0.2) is 66.0 Å². The van der Waals surface area contributed by atoms with E-state index in [-0.39, 0.29) is 5.91 Å². The zero-order valence-electron chi connectivity index (χ0n) is 11.0. The lowest BCUT2D eigenvalue weighted by Crippen LogP contribution is -2.26. The number of benzene rings is 2. The molecule has 1 N–H and O–H groups in total. The van der Waals surface area contributed by atoms with Crippen molar-refractivity contribution < 1.29 is 9.63 Å². The Morgan fingerprint density at radius 1 is 1.00 bits per heavy atom. The molecule has 0 aliphatic heterocycles. The van der Waals surface area contributed by atoms with Gasteiger partial charge in [0.2, 0.25) is 0 Å². The van der Waals surface area contributed by atoms with Crippen molar-refractivity contribution in [3.8, 4) is 17.0 Å². The lowest BCUT2D eigenvalue weighted by molar-refractivity contribution is 0.0759. The summed E-state index contributed by atoms with van der Waals surface area (Å²) in [4.78, 5) is 21.5. The van der Waals surface area contributed by atoms with E-state index in [1.807, 2.05) is 53.9 Å². The van der Waals surface area contributed by atoms with Crippen molar-refractivity contribution in [1.29, 1.82) is 0 Å². The van der Waals surface area contributed by atoms with Crippen molar-refractivity contribution >= 4 is 17.2 Å². The third-order valence-electron chi connectivity index (χ3n) is 2.77. The van der Waals surface area contributed by atoms with Gasteiger partial charge in [-0.15, -0.1) is 11.3 Å². The summed E-state index contributed by atoms with van der Waals surface area (Å²) < 4.78 is 0. The Labute approximate surface area is 126 Å². The second kappa shape index (κ2) is 6.19. The Kier molecular flexibility index (Phi) is 3.93. The van der Waals surface area contributed by atoms with Gasteiger partial charge in [-0.25, -0.2) is 4.98 Å². The van der Waals surface area contributed by atoms with Gasteiger partial charge in [0.1, 0.15) is 0 Å². The summed E-state index contributed by atoms with van der Waals surface area (Å²) in [5.41, 5.74) is 4.15. The summed E-state index contributed by atoms with van der Waals surface area (Å²) in [7, 11) is 0. The maximum Gasteiger partial charge on any atom is 0.312 e. The van der Waals surface area contributed by atoms with Crippen LogP contribution in [0.2, 0.25) is 0 Å². The predicted molar refractivity (Wildman–Crippen MR) is 82.1 cm³/mol. The monoisotopic (exact) mass is 296 g/mol. The van der Waals surface area contributed by atoms with Crippen molar-refractivity contribution in [1.82, 2.24) is 10.5 Å². The highest BCUT2D eigenvalue weighted by molar-refractivity contribution is 7.12. The van der Waals surface area contributed by atoms with Crippen LogP contribution < -0.4 is 10.3 Å². The summed E-state index contributed by atoms with van der Waals surface area (Å²) in [6.07, 6.45) is 0. The predicted octanol–water partition coefficient (Wildman–Crippen LogP) is 3.53. The number of hydrogen-bond donors (Lipinski definition) is 1. The molecule has 0 unspecified atom stereocenters. The number of carbonyl (C=O) groups excluding carboxylic acids is 1. The van der Waals surface area contributed by atoms with Crippen molar-refractivity contribution in [3.05, 3.63) is 71.1 Å². The SMILES string of the molecule is O=C(NOc1ccccc1)c1nc(-c2ccccc2)cs1. The molecule has 0 aliphatic rings. The Morgan fingerprint density at radius 3 is 2.38 bits per heavy atom. The molecule has 0 fully saturated rings. The van der Waals surface area contributed by atoms with Crippen molar-refractivity contribution in [3.63, 3.8) is 0 Å². The van der Waals surface area contributed by atoms with Gasteiger partial charge in [-0.2, -0.15) is 5.48 Å². The highest BCUT2D eigenvalue weighted by Crippen LogP contribution is 2.21. The molecule has 0 atom stereocenters. The molecular formula is C16H12N2O2S. The largest absolute Gasteiger partial charge is 0.379 e. The zero-order chi connectivity index (χ0) is 14.5. The fourth-order valence-corrected chi connectivity index (χ4v) is 2.47. The second-order valence-corrected chi connectivity index (χ2v) is 5.11. The molecule has 0 bridgehead atoms. The van der Waals surface area contributed by atoms with E-state index < -0.39 is 0 Å². The first-order chi connectivity index (χ1) is 10.3. The summed E-state index contributed by atoms with van der Waals surface area (Å²) in [5.74, 6) is 0.219. The van der Waals surface area contributed by atoms with E-state index >= 15 is 0 Å². The number of thiazole rings is 1. The first kappa shape index (κ1) is 13.3. The molecule has 0 radical (unpaired) electrons. The molecule has 1 amide bonds. The number of para-hydroxylation sites is 1. The minimum Gasteiger partial charge on any atom is -0.379 e. The fraction of sp³-hybridized carbons (Fsp3) is 0. The maximum absolute atomic E-state index is 12.0. The first-order valence-electron chi connectivity index (χ1n) is 6.36. The van der Waals surface area contributed by atoms with Gasteiger partial charge >= 0.3 is 5.91 Å². The first-order valence-corrected chi connectivity index (χ1v) is 7.24. The van der Waals surface area contributed by atoms with Crippen LogP contribution in [-0.4, -0.2) is 10.9 Å². The highest BCUT2D eigenvalue weighted by Gasteiger charge is 2.12.